The summed E-state index contributed by atoms with van der Waals surface area (Å²) < 4.78 is 15.2. The average molecular weight is 296 g/mol. The first-order valence-electron chi connectivity index (χ1n) is 6.69. The summed E-state index contributed by atoms with van der Waals surface area (Å²) in [5.74, 6) is -0.809. The van der Waals surface area contributed by atoms with Crippen molar-refractivity contribution in [2.45, 2.75) is 6.54 Å². The Kier molecular flexibility index (Phi) is 3.91. The molecule has 1 heterocycles. The summed E-state index contributed by atoms with van der Waals surface area (Å²) in [6.45, 7) is 0.579. The topological polar surface area (TPSA) is 59.8 Å². The third-order valence-electron chi connectivity index (χ3n) is 3.15. The minimum Gasteiger partial charge on any atom is -0.319 e. The normalized spacial score (nSPS) is 10.4. The van der Waals surface area contributed by atoms with E-state index in [0.717, 1.165) is 5.56 Å². The smallest absolute Gasteiger partial charge is 0.255 e. The Labute approximate surface area is 126 Å². The van der Waals surface area contributed by atoms with E-state index >= 15 is 0 Å². The van der Waals surface area contributed by atoms with Gasteiger partial charge in [-0.3, -0.25) is 4.79 Å². The predicted molar refractivity (Wildman–Crippen MR) is 79.9 cm³/mol. The van der Waals surface area contributed by atoms with Crippen LogP contribution in [-0.2, 0) is 6.54 Å². The van der Waals surface area contributed by atoms with Gasteiger partial charge in [0.1, 0.15) is 18.5 Å². The second-order valence-corrected chi connectivity index (χ2v) is 4.72. The first kappa shape index (κ1) is 13.9. The van der Waals surface area contributed by atoms with Crippen molar-refractivity contribution >= 4 is 11.6 Å². The van der Waals surface area contributed by atoms with Gasteiger partial charge < -0.3 is 5.32 Å². The van der Waals surface area contributed by atoms with E-state index in [-0.39, 0.29) is 11.6 Å². The van der Waals surface area contributed by atoms with Gasteiger partial charge in [0.25, 0.3) is 5.91 Å². The van der Waals surface area contributed by atoms with Crippen LogP contribution in [0.25, 0.3) is 0 Å². The number of carbonyl (C=O) groups excluding carboxylic acids is 1. The summed E-state index contributed by atoms with van der Waals surface area (Å²) in [4.78, 5) is 16.0. The zero-order valence-electron chi connectivity index (χ0n) is 11.6. The number of anilines is 1. The molecule has 0 saturated carbocycles. The molecule has 1 amide bonds. The van der Waals surface area contributed by atoms with E-state index in [1.807, 2.05) is 12.1 Å². The van der Waals surface area contributed by atoms with Gasteiger partial charge in [0.15, 0.2) is 0 Å². The lowest BCUT2D eigenvalue weighted by Gasteiger charge is -2.07. The Balaban J connectivity index is 1.70. The Morgan fingerprint density at radius 3 is 2.59 bits per heavy atom. The molecule has 3 aromatic rings. The molecule has 0 bridgehead atoms. The van der Waals surface area contributed by atoms with Crippen LogP contribution in [0.15, 0.2) is 61.2 Å². The first-order valence-corrected chi connectivity index (χ1v) is 6.69. The number of hydrogen-bond donors (Lipinski definition) is 1. The number of amides is 1. The average Bonchev–Trinajstić information content (AvgIpc) is 3.03. The van der Waals surface area contributed by atoms with Crippen LogP contribution < -0.4 is 5.32 Å². The van der Waals surface area contributed by atoms with Crippen LogP contribution in [0.3, 0.4) is 0 Å². The van der Waals surface area contributed by atoms with Crippen molar-refractivity contribution in [2.75, 3.05) is 5.32 Å². The zero-order chi connectivity index (χ0) is 15.4. The standard InChI is InChI=1S/C16H13FN4O/c17-14-3-1-2-4-15(14)20-16(22)13-7-5-12(6-8-13)9-21-11-18-10-19-21/h1-8,10-11H,9H2,(H,20,22). The fourth-order valence-electron chi connectivity index (χ4n) is 2.02. The molecule has 0 fully saturated rings. The van der Waals surface area contributed by atoms with Crippen molar-refractivity contribution in [2.24, 2.45) is 0 Å². The molecule has 0 aliphatic rings. The summed E-state index contributed by atoms with van der Waals surface area (Å²) in [5.41, 5.74) is 1.62. The quantitative estimate of drug-likeness (QED) is 0.805. The monoisotopic (exact) mass is 296 g/mol. The number of aromatic nitrogens is 3. The van der Waals surface area contributed by atoms with Gasteiger partial charge in [-0.05, 0) is 29.8 Å². The van der Waals surface area contributed by atoms with Crippen LogP contribution in [0.2, 0.25) is 0 Å². The summed E-state index contributed by atoms with van der Waals surface area (Å²) in [6, 6.07) is 13.1. The van der Waals surface area contributed by atoms with Crippen LogP contribution in [0.5, 0.6) is 0 Å². The van der Waals surface area contributed by atoms with Gasteiger partial charge in [-0.25, -0.2) is 14.1 Å². The second-order valence-electron chi connectivity index (χ2n) is 4.72. The highest BCUT2D eigenvalue weighted by molar-refractivity contribution is 6.04. The largest absolute Gasteiger partial charge is 0.319 e. The highest BCUT2D eigenvalue weighted by Crippen LogP contribution is 2.14. The van der Waals surface area contributed by atoms with Gasteiger partial charge in [0.05, 0.1) is 12.2 Å². The van der Waals surface area contributed by atoms with Crippen molar-refractivity contribution < 1.29 is 9.18 Å². The molecule has 6 heteroatoms. The molecule has 1 N–H and O–H groups in total. The Bertz CT molecular complexity index is 769. The van der Waals surface area contributed by atoms with E-state index in [1.165, 1.54) is 18.5 Å². The molecular weight excluding hydrogens is 283 g/mol. The lowest BCUT2D eigenvalue weighted by Crippen LogP contribution is -2.13. The van der Waals surface area contributed by atoms with Crippen LogP contribution in [-0.4, -0.2) is 20.7 Å². The molecule has 0 spiro atoms. The lowest BCUT2D eigenvalue weighted by atomic mass is 10.1. The summed E-state index contributed by atoms with van der Waals surface area (Å²) in [7, 11) is 0. The predicted octanol–water partition coefficient (Wildman–Crippen LogP) is 2.72. The van der Waals surface area contributed by atoms with E-state index in [2.05, 4.69) is 15.4 Å². The molecule has 0 aliphatic carbocycles. The SMILES string of the molecule is O=C(Nc1ccccc1F)c1ccc(Cn2cncn2)cc1. The molecule has 22 heavy (non-hydrogen) atoms. The first-order chi connectivity index (χ1) is 10.7. The van der Waals surface area contributed by atoms with E-state index in [9.17, 15) is 9.18 Å². The Hall–Kier alpha value is -3.02. The number of nitrogens with one attached hydrogen (secondary N) is 1. The molecule has 0 atom stereocenters. The molecule has 3 rings (SSSR count). The molecule has 2 aromatic carbocycles. The number of rotatable bonds is 4. The molecular formula is C16H13FN4O. The molecule has 0 radical (unpaired) electrons. The molecule has 0 saturated heterocycles. The summed E-state index contributed by atoms with van der Waals surface area (Å²) >= 11 is 0. The van der Waals surface area contributed by atoms with E-state index in [1.54, 1.807) is 35.3 Å². The molecule has 0 aliphatic heterocycles. The molecule has 5 nitrogen and oxygen atoms in total. The van der Waals surface area contributed by atoms with Crippen LogP contribution >= 0.6 is 0 Å². The van der Waals surface area contributed by atoms with Crippen molar-refractivity contribution in [3.8, 4) is 0 Å². The molecule has 110 valence electrons. The maximum Gasteiger partial charge on any atom is 0.255 e. The van der Waals surface area contributed by atoms with Gasteiger partial charge in [0.2, 0.25) is 0 Å². The number of halogens is 1. The van der Waals surface area contributed by atoms with E-state index in [4.69, 9.17) is 0 Å². The maximum atomic E-state index is 13.5. The highest BCUT2D eigenvalue weighted by Gasteiger charge is 2.08. The Morgan fingerprint density at radius 1 is 1.14 bits per heavy atom. The van der Waals surface area contributed by atoms with Gasteiger partial charge in [-0.1, -0.05) is 24.3 Å². The number of benzene rings is 2. The van der Waals surface area contributed by atoms with Crippen molar-refractivity contribution in [1.82, 2.24) is 14.8 Å². The van der Waals surface area contributed by atoms with Crippen LogP contribution in [0, 0.1) is 5.82 Å². The summed E-state index contributed by atoms with van der Waals surface area (Å²) in [6.07, 6.45) is 3.09. The van der Waals surface area contributed by atoms with Gasteiger partial charge >= 0.3 is 0 Å². The Morgan fingerprint density at radius 2 is 1.91 bits per heavy atom. The number of carbonyl (C=O) groups is 1. The van der Waals surface area contributed by atoms with Crippen molar-refractivity contribution in [1.29, 1.82) is 0 Å². The van der Waals surface area contributed by atoms with Crippen LogP contribution in [0.1, 0.15) is 15.9 Å². The highest BCUT2D eigenvalue weighted by atomic mass is 19.1. The second kappa shape index (κ2) is 6.17. The van der Waals surface area contributed by atoms with Gasteiger partial charge in [-0.15, -0.1) is 0 Å². The number of para-hydroxylation sites is 1. The van der Waals surface area contributed by atoms with Crippen LogP contribution in [0.4, 0.5) is 10.1 Å². The minimum absolute atomic E-state index is 0.166. The van der Waals surface area contributed by atoms with Crippen molar-refractivity contribution in [3.63, 3.8) is 0 Å². The lowest BCUT2D eigenvalue weighted by molar-refractivity contribution is 0.102. The van der Waals surface area contributed by atoms with E-state index in [0.29, 0.717) is 12.1 Å². The third-order valence-corrected chi connectivity index (χ3v) is 3.15. The number of nitrogens with zero attached hydrogens (tertiary/aromatic N) is 3. The maximum absolute atomic E-state index is 13.5. The number of hydrogen-bond acceptors (Lipinski definition) is 3. The zero-order valence-corrected chi connectivity index (χ0v) is 11.6. The van der Waals surface area contributed by atoms with Gasteiger partial charge in [0, 0.05) is 5.56 Å². The third kappa shape index (κ3) is 3.17. The minimum atomic E-state index is -0.460. The fraction of sp³-hybridized carbons (Fsp3) is 0.0625. The van der Waals surface area contributed by atoms with Gasteiger partial charge in [-0.2, -0.15) is 5.10 Å². The fourth-order valence-corrected chi connectivity index (χ4v) is 2.02. The molecule has 1 aromatic heterocycles. The van der Waals surface area contributed by atoms with Crippen molar-refractivity contribution in [3.05, 3.63) is 78.1 Å². The summed E-state index contributed by atoms with van der Waals surface area (Å²) in [5, 5.41) is 6.57. The molecule has 0 unspecified atom stereocenters. The van der Waals surface area contributed by atoms with E-state index < -0.39 is 5.82 Å².